The molecule has 1 aliphatic heterocycles. The second kappa shape index (κ2) is 6.79. The van der Waals surface area contributed by atoms with Crippen LogP contribution in [-0.2, 0) is 0 Å². The third-order valence-electron chi connectivity index (χ3n) is 3.29. The van der Waals surface area contributed by atoms with E-state index in [4.69, 9.17) is 4.74 Å². The van der Waals surface area contributed by atoms with E-state index in [0.717, 1.165) is 12.8 Å². The number of amides is 3. The minimum Gasteiger partial charge on any atom is -0.410 e. The van der Waals surface area contributed by atoms with Gasteiger partial charge < -0.3 is 20.3 Å². The number of benzene rings is 1. The van der Waals surface area contributed by atoms with Crippen LogP contribution in [0, 0.1) is 0 Å². The van der Waals surface area contributed by atoms with Crippen LogP contribution in [0.15, 0.2) is 30.3 Å². The molecule has 1 fully saturated rings. The van der Waals surface area contributed by atoms with Crippen molar-refractivity contribution >= 4 is 12.1 Å². The Kier molecular flexibility index (Phi) is 4.81. The number of urea groups is 1. The largest absolute Gasteiger partial charge is 0.415 e. The molecule has 1 aromatic carbocycles. The van der Waals surface area contributed by atoms with Gasteiger partial charge in [-0.25, -0.2) is 9.59 Å². The van der Waals surface area contributed by atoms with Crippen LogP contribution in [0.5, 0.6) is 5.75 Å². The number of hydrogen-bond acceptors (Lipinski definition) is 3. The van der Waals surface area contributed by atoms with Crippen LogP contribution >= 0.6 is 0 Å². The number of nitrogens with zero attached hydrogens (tertiary/aromatic N) is 1. The Labute approximate surface area is 118 Å². The molecule has 0 saturated carbocycles. The van der Waals surface area contributed by atoms with E-state index in [9.17, 15) is 9.59 Å². The number of carbonyl (C=O) groups is 2. The fourth-order valence-electron chi connectivity index (χ4n) is 2.24. The van der Waals surface area contributed by atoms with Crippen molar-refractivity contribution in [3.05, 3.63) is 30.3 Å². The van der Waals surface area contributed by atoms with Crippen LogP contribution in [-0.4, -0.2) is 43.2 Å². The van der Waals surface area contributed by atoms with Crippen LogP contribution in [0.4, 0.5) is 9.59 Å². The summed E-state index contributed by atoms with van der Waals surface area (Å²) in [7, 11) is 1.56. The molecule has 1 atom stereocenters. The number of ether oxygens (including phenoxy) is 1. The molecule has 1 aliphatic rings. The summed E-state index contributed by atoms with van der Waals surface area (Å²) in [4.78, 5) is 25.0. The lowest BCUT2D eigenvalue weighted by molar-refractivity contribution is 0.146. The van der Waals surface area contributed by atoms with Crippen molar-refractivity contribution in [2.75, 3.05) is 20.1 Å². The molecule has 0 radical (unpaired) electrons. The molecule has 0 bridgehead atoms. The number of nitrogens with one attached hydrogen (secondary N) is 2. The van der Waals surface area contributed by atoms with E-state index in [1.165, 1.54) is 0 Å². The van der Waals surface area contributed by atoms with Crippen molar-refractivity contribution in [3.8, 4) is 5.75 Å². The summed E-state index contributed by atoms with van der Waals surface area (Å²) in [6.07, 6.45) is 1.43. The number of likely N-dealkylation sites (tertiary alicyclic amines) is 1. The van der Waals surface area contributed by atoms with E-state index in [1.54, 1.807) is 24.1 Å². The van der Waals surface area contributed by atoms with Gasteiger partial charge in [0.1, 0.15) is 5.75 Å². The molecule has 6 nitrogen and oxygen atoms in total. The maximum atomic E-state index is 12.1. The van der Waals surface area contributed by atoms with Crippen molar-refractivity contribution in [1.82, 2.24) is 15.5 Å². The second-order valence-electron chi connectivity index (χ2n) is 4.63. The highest BCUT2D eigenvalue weighted by Crippen LogP contribution is 2.19. The van der Waals surface area contributed by atoms with Crippen LogP contribution < -0.4 is 15.4 Å². The Morgan fingerprint density at radius 2 is 2.10 bits per heavy atom. The van der Waals surface area contributed by atoms with Gasteiger partial charge >= 0.3 is 12.1 Å². The van der Waals surface area contributed by atoms with E-state index >= 15 is 0 Å². The monoisotopic (exact) mass is 277 g/mol. The molecule has 1 aromatic rings. The van der Waals surface area contributed by atoms with Gasteiger partial charge in [0.15, 0.2) is 0 Å². The van der Waals surface area contributed by atoms with Crippen molar-refractivity contribution in [2.45, 2.75) is 18.9 Å². The molecule has 1 heterocycles. The van der Waals surface area contributed by atoms with Gasteiger partial charge in [-0.3, -0.25) is 0 Å². The van der Waals surface area contributed by atoms with Crippen LogP contribution in [0.25, 0.3) is 0 Å². The normalized spacial score (nSPS) is 17.6. The molecular weight excluding hydrogens is 258 g/mol. The quantitative estimate of drug-likeness (QED) is 0.881. The predicted molar refractivity (Wildman–Crippen MR) is 74.7 cm³/mol. The minimum atomic E-state index is -0.364. The molecule has 2 N–H and O–H groups in total. The minimum absolute atomic E-state index is 0.0106. The van der Waals surface area contributed by atoms with Gasteiger partial charge in [-0.15, -0.1) is 0 Å². The summed E-state index contributed by atoms with van der Waals surface area (Å²) in [5.41, 5.74) is 0. The Balaban J connectivity index is 1.89. The molecule has 3 amide bonds. The highest BCUT2D eigenvalue weighted by atomic mass is 16.6. The molecule has 108 valence electrons. The zero-order chi connectivity index (χ0) is 14.4. The number of hydrogen-bond donors (Lipinski definition) is 2. The van der Waals surface area contributed by atoms with Crippen molar-refractivity contribution in [1.29, 1.82) is 0 Å². The average molecular weight is 277 g/mol. The Bertz CT molecular complexity index is 464. The molecule has 1 saturated heterocycles. The fraction of sp³-hybridized carbons (Fsp3) is 0.429. The van der Waals surface area contributed by atoms with Gasteiger partial charge in [-0.05, 0) is 25.0 Å². The predicted octanol–water partition coefficient (Wildman–Crippen LogP) is 1.58. The lowest BCUT2D eigenvalue weighted by Gasteiger charge is -2.24. The van der Waals surface area contributed by atoms with Gasteiger partial charge in [0, 0.05) is 20.1 Å². The lowest BCUT2D eigenvalue weighted by Crippen LogP contribution is -2.46. The Hall–Kier alpha value is -2.24. The first-order chi connectivity index (χ1) is 9.70. The smallest absolute Gasteiger partial charge is 0.410 e. The summed E-state index contributed by atoms with van der Waals surface area (Å²) < 4.78 is 5.32. The third-order valence-corrected chi connectivity index (χ3v) is 3.29. The zero-order valence-corrected chi connectivity index (χ0v) is 11.5. The zero-order valence-electron chi connectivity index (χ0n) is 11.5. The first-order valence-electron chi connectivity index (χ1n) is 6.70. The summed E-state index contributed by atoms with van der Waals surface area (Å²) >= 11 is 0. The van der Waals surface area contributed by atoms with E-state index in [0.29, 0.717) is 18.8 Å². The second-order valence-corrected chi connectivity index (χ2v) is 4.63. The SMILES string of the molecule is CNC(=O)NC[C@H]1CCCN1C(=O)Oc1ccccc1. The topological polar surface area (TPSA) is 70.7 Å². The summed E-state index contributed by atoms with van der Waals surface area (Å²) in [5.74, 6) is 0.530. The highest BCUT2D eigenvalue weighted by molar-refractivity contribution is 5.74. The van der Waals surface area contributed by atoms with Crippen LogP contribution in [0.2, 0.25) is 0 Å². The lowest BCUT2D eigenvalue weighted by atomic mass is 10.2. The Morgan fingerprint density at radius 1 is 1.35 bits per heavy atom. The van der Waals surface area contributed by atoms with Crippen molar-refractivity contribution in [3.63, 3.8) is 0 Å². The van der Waals surface area contributed by atoms with Crippen LogP contribution in [0.1, 0.15) is 12.8 Å². The molecule has 2 rings (SSSR count). The van der Waals surface area contributed by atoms with Gasteiger partial charge in [-0.1, -0.05) is 18.2 Å². The van der Waals surface area contributed by atoms with Crippen molar-refractivity contribution < 1.29 is 14.3 Å². The standard InChI is InChI=1S/C14H19N3O3/c1-15-13(18)16-10-11-6-5-9-17(11)14(19)20-12-7-3-2-4-8-12/h2-4,7-8,11H,5-6,9-10H2,1H3,(H2,15,16,18)/t11-/m1/s1. The average Bonchev–Trinajstić information content (AvgIpc) is 2.94. The third kappa shape index (κ3) is 3.63. The molecule has 0 aromatic heterocycles. The summed E-state index contributed by atoms with van der Waals surface area (Å²) in [6, 6.07) is 8.73. The first kappa shape index (κ1) is 14.2. The Morgan fingerprint density at radius 3 is 2.80 bits per heavy atom. The van der Waals surface area contributed by atoms with E-state index in [-0.39, 0.29) is 18.2 Å². The number of carbonyl (C=O) groups excluding carboxylic acids is 2. The molecular formula is C14H19N3O3. The van der Waals surface area contributed by atoms with Gasteiger partial charge in [0.05, 0.1) is 6.04 Å². The van der Waals surface area contributed by atoms with E-state index in [1.807, 2.05) is 18.2 Å². The summed E-state index contributed by atoms with van der Waals surface area (Å²) in [5, 5.41) is 5.21. The fourth-order valence-corrected chi connectivity index (χ4v) is 2.24. The highest BCUT2D eigenvalue weighted by Gasteiger charge is 2.30. The number of para-hydroxylation sites is 1. The van der Waals surface area contributed by atoms with E-state index in [2.05, 4.69) is 10.6 Å². The van der Waals surface area contributed by atoms with Crippen molar-refractivity contribution in [2.24, 2.45) is 0 Å². The maximum Gasteiger partial charge on any atom is 0.415 e. The number of rotatable bonds is 3. The molecule has 0 spiro atoms. The van der Waals surface area contributed by atoms with Gasteiger partial charge in [0.25, 0.3) is 0 Å². The molecule has 20 heavy (non-hydrogen) atoms. The van der Waals surface area contributed by atoms with Gasteiger partial charge in [-0.2, -0.15) is 0 Å². The first-order valence-corrected chi connectivity index (χ1v) is 6.70. The molecule has 0 aliphatic carbocycles. The van der Waals surface area contributed by atoms with E-state index < -0.39 is 0 Å². The van der Waals surface area contributed by atoms with Gasteiger partial charge in [0.2, 0.25) is 0 Å². The van der Waals surface area contributed by atoms with Crippen LogP contribution in [0.3, 0.4) is 0 Å². The molecule has 6 heteroatoms. The molecule has 0 unspecified atom stereocenters. The summed E-state index contributed by atoms with van der Waals surface area (Å²) in [6.45, 7) is 1.09. The maximum absolute atomic E-state index is 12.1.